The molecule has 136 valence electrons. The lowest BCUT2D eigenvalue weighted by atomic mass is 10.2. The van der Waals surface area contributed by atoms with E-state index in [0.29, 0.717) is 18.4 Å². The van der Waals surface area contributed by atoms with E-state index in [9.17, 15) is 4.79 Å². The molecule has 0 unspecified atom stereocenters. The Balaban J connectivity index is 0.000000922. The van der Waals surface area contributed by atoms with E-state index >= 15 is 0 Å². The van der Waals surface area contributed by atoms with Crippen LogP contribution < -0.4 is 5.32 Å². The predicted molar refractivity (Wildman–Crippen MR) is 95.2 cm³/mol. The highest BCUT2D eigenvalue weighted by Gasteiger charge is 2.15. The topological polar surface area (TPSA) is 86.3 Å². The molecule has 0 bridgehead atoms. The normalized spacial score (nSPS) is 11.2. The summed E-state index contributed by atoms with van der Waals surface area (Å²) < 4.78 is 28.2. The summed E-state index contributed by atoms with van der Waals surface area (Å²) in [6, 6.07) is 10.5. The second-order valence-corrected chi connectivity index (χ2v) is 7.81. The molecule has 0 fully saturated rings. The van der Waals surface area contributed by atoms with Gasteiger partial charge in [0.15, 0.2) is 0 Å². The van der Waals surface area contributed by atoms with Crippen molar-refractivity contribution in [1.82, 2.24) is 5.32 Å². The number of rotatable bonds is 7. The molecule has 1 rings (SSSR count). The van der Waals surface area contributed by atoms with Crippen molar-refractivity contribution in [3.05, 3.63) is 48.0 Å². The molecule has 0 radical (unpaired) electrons. The van der Waals surface area contributed by atoms with Crippen LogP contribution in [-0.4, -0.2) is 56.8 Å². The van der Waals surface area contributed by atoms with E-state index in [-0.39, 0.29) is 5.91 Å². The second kappa shape index (κ2) is 10.2. The van der Waals surface area contributed by atoms with Crippen LogP contribution in [-0.2, 0) is 21.5 Å². The number of carbonyl (C=O) groups is 1. The highest BCUT2D eigenvalue weighted by atomic mass is 32.2. The van der Waals surface area contributed by atoms with Crippen LogP contribution in [0, 0.1) is 0 Å². The summed E-state index contributed by atoms with van der Waals surface area (Å²) in [7, 11) is 0.515. The molecule has 1 aromatic carbocycles. The van der Waals surface area contributed by atoms with E-state index in [1.54, 1.807) is 6.92 Å². The molecule has 0 spiro atoms. The van der Waals surface area contributed by atoms with Gasteiger partial charge in [0.25, 0.3) is 0 Å². The fourth-order valence-corrected chi connectivity index (χ4v) is 2.02. The molecule has 1 N–H and O–H groups in total. The first-order valence-electron chi connectivity index (χ1n) is 7.61. The maximum Gasteiger partial charge on any atom is 0.246 e. The zero-order valence-electron chi connectivity index (χ0n) is 14.9. The molecule has 0 saturated carbocycles. The van der Waals surface area contributed by atoms with Crippen LogP contribution in [0.5, 0.6) is 0 Å². The Bertz CT molecular complexity index is 617. The molecule has 0 heterocycles. The number of quaternary nitrogens is 1. The lowest BCUT2D eigenvalue weighted by Crippen LogP contribution is -2.41. The van der Waals surface area contributed by atoms with Crippen LogP contribution in [0.3, 0.4) is 0 Å². The molecule has 0 aliphatic carbocycles. The maximum atomic E-state index is 11.3. The van der Waals surface area contributed by atoms with E-state index in [1.165, 1.54) is 5.56 Å². The minimum atomic E-state index is -3.92. The molecule has 0 saturated heterocycles. The number of carbonyl (C=O) groups excluding carboxylic acids is 1. The number of benzene rings is 1. The third kappa shape index (κ3) is 13.9. The average molecular weight is 356 g/mol. The molecular weight excluding hydrogens is 328 g/mol. The van der Waals surface area contributed by atoms with Crippen molar-refractivity contribution < 1.29 is 22.2 Å². The van der Waals surface area contributed by atoms with Gasteiger partial charge in [-0.05, 0) is 6.92 Å². The van der Waals surface area contributed by atoms with Gasteiger partial charge < -0.3 is 14.4 Å². The Morgan fingerprint density at radius 1 is 1.25 bits per heavy atom. The van der Waals surface area contributed by atoms with E-state index in [2.05, 4.69) is 50.3 Å². The van der Waals surface area contributed by atoms with Crippen LogP contribution >= 0.6 is 0 Å². The predicted octanol–water partition coefficient (Wildman–Crippen LogP) is 1.51. The number of amides is 1. The summed E-state index contributed by atoms with van der Waals surface area (Å²) in [4.78, 5) is 11.3. The second-order valence-electron chi connectivity index (χ2n) is 6.40. The van der Waals surface area contributed by atoms with Gasteiger partial charge in [0.1, 0.15) is 6.54 Å². The van der Waals surface area contributed by atoms with Gasteiger partial charge in [0, 0.05) is 30.4 Å². The van der Waals surface area contributed by atoms with Crippen LogP contribution in [0.2, 0.25) is 0 Å². The summed E-state index contributed by atoms with van der Waals surface area (Å²) in [6.45, 7) is 8.10. The van der Waals surface area contributed by atoms with E-state index in [0.717, 1.165) is 24.0 Å². The van der Waals surface area contributed by atoms with Gasteiger partial charge >= 0.3 is 0 Å². The average Bonchev–Trinajstić information content (AvgIpc) is 2.42. The molecule has 7 heteroatoms. The minimum Gasteiger partial charge on any atom is -0.748 e. The summed E-state index contributed by atoms with van der Waals surface area (Å²) >= 11 is 0. The fourth-order valence-electron chi connectivity index (χ4n) is 2.02. The van der Waals surface area contributed by atoms with Crippen molar-refractivity contribution in [2.75, 3.05) is 33.4 Å². The third-order valence-electron chi connectivity index (χ3n) is 3.07. The Kier molecular flexibility index (Phi) is 9.50. The standard InChI is InChI=1S/C16H24N2O.CH4O3S/c1-14(2)16(19)17-11-8-12-18(3,4)13-15-9-6-5-7-10-15;1-5(2,3)4/h5-7,9-10H,1,8,11-13H2,2-4H3;1H3,(H,2,3,4). The van der Waals surface area contributed by atoms with Crippen LogP contribution in [0.1, 0.15) is 18.9 Å². The molecule has 0 aliphatic rings. The number of nitrogens with zero attached hydrogens (tertiary/aromatic N) is 1. The highest BCUT2D eigenvalue weighted by molar-refractivity contribution is 7.84. The molecule has 0 aromatic heterocycles. The molecule has 1 aromatic rings. The third-order valence-corrected chi connectivity index (χ3v) is 3.07. The van der Waals surface area contributed by atoms with Gasteiger partial charge in [0.2, 0.25) is 5.91 Å². The van der Waals surface area contributed by atoms with E-state index in [4.69, 9.17) is 13.0 Å². The summed E-state index contributed by atoms with van der Waals surface area (Å²) in [5.74, 6) is -0.0478. The van der Waals surface area contributed by atoms with Crippen molar-refractivity contribution >= 4 is 16.0 Å². The van der Waals surface area contributed by atoms with Crippen molar-refractivity contribution in [3.8, 4) is 0 Å². The molecule has 6 nitrogen and oxygen atoms in total. The van der Waals surface area contributed by atoms with E-state index < -0.39 is 10.1 Å². The molecular formula is C17H28N2O4S. The van der Waals surface area contributed by atoms with Crippen molar-refractivity contribution in [2.24, 2.45) is 0 Å². The zero-order chi connectivity index (χ0) is 18.8. The van der Waals surface area contributed by atoms with Crippen LogP contribution in [0.15, 0.2) is 42.5 Å². The number of hydrogen-bond acceptors (Lipinski definition) is 4. The zero-order valence-corrected chi connectivity index (χ0v) is 15.7. The number of hydrogen-bond donors (Lipinski definition) is 1. The highest BCUT2D eigenvalue weighted by Crippen LogP contribution is 2.09. The van der Waals surface area contributed by atoms with Gasteiger partial charge in [-0.15, -0.1) is 0 Å². The van der Waals surface area contributed by atoms with Crippen LogP contribution in [0.4, 0.5) is 0 Å². The van der Waals surface area contributed by atoms with Gasteiger partial charge in [-0.1, -0.05) is 36.9 Å². The van der Waals surface area contributed by atoms with Crippen LogP contribution in [0.25, 0.3) is 0 Å². The quantitative estimate of drug-likeness (QED) is 0.347. The number of nitrogens with one attached hydrogen (secondary N) is 1. The van der Waals surface area contributed by atoms with Gasteiger partial charge in [-0.3, -0.25) is 4.79 Å². The van der Waals surface area contributed by atoms with Crippen molar-refractivity contribution in [1.29, 1.82) is 0 Å². The molecule has 0 atom stereocenters. The summed E-state index contributed by atoms with van der Waals surface area (Å²) in [6.07, 6.45) is 1.58. The fraction of sp³-hybridized carbons (Fsp3) is 0.471. The van der Waals surface area contributed by atoms with E-state index in [1.807, 2.05) is 6.07 Å². The SMILES string of the molecule is C=C(C)C(=O)NCCC[N+](C)(C)Cc1ccccc1.CS(=O)(=O)[O-]. The molecule has 24 heavy (non-hydrogen) atoms. The Labute approximate surface area is 145 Å². The lowest BCUT2D eigenvalue weighted by molar-refractivity contribution is -0.903. The van der Waals surface area contributed by atoms with Gasteiger partial charge in [-0.2, -0.15) is 0 Å². The van der Waals surface area contributed by atoms with Gasteiger partial charge in [-0.25, -0.2) is 8.42 Å². The first-order valence-corrected chi connectivity index (χ1v) is 9.43. The largest absolute Gasteiger partial charge is 0.748 e. The lowest BCUT2D eigenvalue weighted by Gasteiger charge is -2.30. The first-order chi connectivity index (χ1) is 10.9. The molecule has 0 aliphatic heterocycles. The Morgan fingerprint density at radius 3 is 2.21 bits per heavy atom. The first kappa shape index (κ1) is 22.3. The monoisotopic (exact) mass is 356 g/mol. The van der Waals surface area contributed by atoms with Gasteiger partial charge in [0.05, 0.1) is 30.8 Å². The molecule has 1 amide bonds. The van der Waals surface area contributed by atoms with Crippen molar-refractivity contribution in [2.45, 2.75) is 19.9 Å². The summed E-state index contributed by atoms with van der Waals surface area (Å²) in [5, 5.41) is 2.87. The Morgan fingerprint density at radius 2 is 1.75 bits per heavy atom. The summed E-state index contributed by atoms with van der Waals surface area (Å²) in [5.41, 5.74) is 1.91. The Hall–Kier alpha value is -1.70. The minimum absolute atomic E-state index is 0.0478. The smallest absolute Gasteiger partial charge is 0.246 e. The maximum absolute atomic E-state index is 11.3. The van der Waals surface area contributed by atoms with Crippen molar-refractivity contribution in [3.63, 3.8) is 0 Å².